The zero-order chi connectivity index (χ0) is 20.4. The van der Waals surface area contributed by atoms with E-state index < -0.39 is 0 Å². The Morgan fingerprint density at radius 1 is 1.21 bits per heavy atom. The van der Waals surface area contributed by atoms with Crippen LogP contribution in [-0.4, -0.2) is 24.7 Å². The molecule has 0 aliphatic rings. The molecule has 0 saturated carbocycles. The number of hydrogen-bond donors (Lipinski definition) is 1. The number of nitrogens with zero attached hydrogens (tertiary/aromatic N) is 4. The van der Waals surface area contributed by atoms with Gasteiger partial charge in [0.15, 0.2) is 11.0 Å². The summed E-state index contributed by atoms with van der Waals surface area (Å²) >= 11 is 1.37. The van der Waals surface area contributed by atoms with Crippen molar-refractivity contribution in [2.24, 2.45) is 0 Å². The van der Waals surface area contributed by atoms with Crippen molar-refractivity contribution < 1.29 is 4.39 Å². The maximum atomic E-state index is 14.2. The highest BCUT2D eigenvalue weighted by molar-refractivity contribution is 7.98. The van der Waals surface area contributed by atoms with Crippen molar-refractivity contribution in [2.45, 2.75) is 24.4 Å². The summed E-state index contributed by atoms with van der Waals surface area (Å²) in [6, 6.07) is 12.0. The van der Waals surface area contributed by atoms with E-state index in [1.54, 1.807) is 34.9 Å². The van der Waals surface area contributed by atoms with Gasteiger partial charge in [-0.05, 0) is 30.7 Å². The molecule has 146 valence electrons. The topological polar surface area (TPSA) is 76.5 Å². The average molecular weight is 407 g/mol. The molecule has 8 heteroatoms. The van der Waals surface area contributed by atoms with E-state index >= 15 is 0 Å². The summed E-state index contributed by atoms with van der Waals surface area (Å²) in [6.07, 6.45) is 1.71. The Hall–Kier alpha value is -3.26. The third kappa shape index (κ3) is 3.71. The van der Waals surface area contributed by atoms with Crippen molar-refractivity contribution in [1.82, 2.24) is 24.7 Å². The third-order valence-electron chi connectivity index (χ3n) is 4.47. The van der Waals surface area contributed by atoms with Crippen LogP contribution in [0.3, 0.4) is 0 Å². The van der Waals surface area contributed by atoms with Gasteiger partial charge < -0.3 is 4.98 Å². The smallest absolute Gasteiger partial charge is 0.258 e. The minimum absolute atomic E-state index is 0.172. The molecule has 2 aromatic heterocycles. The summed E-state index contributed by atoms with van der Waals surface area (Å²) in [7, 11) is 0. The molecule has 0 spiro atoms. The number of halogens is 1. The molecule has 0 saturated heterocycles. The second-order valence-electron chi connectivity index (χ2n) is 6.46. The van der Waals surface area contributed by atoms with Gasteiger partial charge in [-0.3, -0.25) is 9.36 Å². The second-order valence-corrected chi connectivity index (χ2v) is 7.40. The minimum Gasteiger partial charge on any atom is -0.309 e. The molecule has 4 aromatic rings. The van der Waals surface area contributed by atoms with E-state index in [0.717, 1.165) is 5.56 Å². The molecule has 2 heterocycles. The number of hydrogen-bond acceptors (Lipinski definition) is 5. The minimum atomic E-state index is -0.363. The molecule has 4 rings (SSSR count). The Bertz CT molecular complexity index is 1260. The summed E-state index contributed by atoms with van der Waals surface area (Å²) in [4.78, 5) is 19.8. The molecule has 0 radical (unpaired) electrons. The lowest BCUT2D eigenvalue weighted by atomic mass is 10.1. The van der Waals surface area contributed by atoms with Gasteiger partial charge in [-0.1, -0.05) is 42.1 Å². The Kier molecular flexibility index (Phi) is 5.26. The first-order chi connectivity index (χ1) is 14.1. The molecule has 0 bridgehead atoms. The van der Waals surface area contributed by atoms with Crippen LogP contribution >= 0.6 is 11.8 Å². The van der Waals surface area contributed by atoms with Gasteiger partial charge in [0.25, 0.3) is 5.56 Å². The van der Waals surface area contributed by atoms with E-state index in [1.807, 2.05) is 19.1 Å². The van der Waals surface area contributed by atoms with E-state index in [-0.39, 0.29) is 11.4 Å². The van der Waals surface area contributed by atoms with Crippen LogP contribution in [0.4, 0.5) is 4.39 Å². The molecule has 0 atom stereocenters. The number of benzene rings is 2. The Morgan fingerprint density at radius 2 is 2.03 bits per heavy atom. The first-order valence-corrected chi connectivity index (χ1v) is 9.97. The predicted octanol–water partition coefficient (Wildman–Crippen LogP) is 4.11. The van der Waals surface area contributed by atoms with E-state index in [1.165, 1.54) is 17.8 Å². The lowest BCUT2D eigenvalue weighted by Crippen LogP contribution is -2.12. The number of rotatable bonds is 6. The summed E-state index contributed by atoms with van der Waals surface area (Å²) in [5, 5.41) is 9.54. The molecule has 0 fully saturated rings. The van der Waals surface area contributed by atoms with Gasteiger partial charge in [0.05, 0.1) is 22.2 Å². The van der Waals surface area contributed by atoms with Crippen molar-refractivity contribution in [3.05, 3.63) is 82.7 Å². The van der Waals surface area contributed by atoms with Crippen LogP contribution in [0.5, 0.6) is 0 Å². The van der Waals surface area contributed by atoms with Gasteiger partial charge in [0, 0.05) is 6.54 Å². The number of nitrogens with one attached hydrogen (secondary N) is 1. The molecule has 0 aliphatic heterocycles. The number of aromatic nitrogens is 5. The van der Waals surface area contributed by atoms with Crippen LogP contribution in [-0.2, 0) is 12.3 Å². The molecular formula is C21H18FN5OS. The van der Waals surface area contributed by atoms with Crippen molar-refractivity contribution in [3.63, 3.8) is 0 Å². The van der Waals surface area contributed by atoms with Crippen molar-refractivity contribution in [1.29, 1.82) is 0 Å². The highest BCUT2D eigenvalue weighted by Crippen LogP contribution is 2.27. The van der Waals surface area contributed by atoms with Gasteiger partial charge in [0.1, 0.15) is 11.6 Å². The zero-order valence-electron chi connectivity index (χ0n) is 15.7. The van der Waals surface area contributed by atoms with E-state index in [4.69, 9.17) is 0 Å². The zero-order valence-corrected chi connectivity index (χ0v) is 16.5. The predicted molar refractivity (Wildman–Crippen MR) is 112 cm³/mol. The molecule has 0 unspecified atom stereocenters. The van der Waals surface area contributed by atoms with Crippen LogP contribution in [0.15, 0.2) is 65.1 Å². The highest BCUT2D eigenvalue weighted by Gasteiger charge is 2.17. The Balaban J connectivity index is 1.66. The van der Waals surface area contributed by atoms with Gasteiger partial charge in [0.2, 0.25) is 0 Å². The maximum Gasteiger partial charge on any atom is 0.258 e. The number of allylic oxidation sites excluding steroid dienone is 1. The molecule has 0 aliphatic carbocycles. The fourth-order valence-corrected chi connectivity index (χ4v) is 3.90. The Morgan fingerprint density at radius 3 is 2.83 bits per heavy atom. The number of fused-ring (bicyclic) bond motifs is 1. The summed E-state index contributed by atoms with van der Waals surface area (Å²) in [5.41, 5.74) is 1.83. The quantitative estimate of drug-likeness (QED) is 0.385. The number of H-pyrrole nitrogens is 1. The second kappa shape index (κ2) is 8.00. The normalized spacial score (nSPS) is 11.1. The number of para-hydroxylation sites is 1. The van der Waals surface area contributed by atoms with Crippen molar-refractivity contribution in [3.8, 4) is 11.4 Å². The molecule has 0 amide bonds. The van der Waals surface area contributed by atoms with Crippen LogP contribution in [0.2, 0.25) is 0 Å². The van der Waals surface area contributed by atoms with E-state index in [2.05, 4.69) is 26.7 Å². The summed E-state index contributed by atoms with van der Waals surface area (Å²) in [6.45, 7) is 6.12. The Labute approximate surface area is 170 Å². The lowest BCUT2D eigenvalue weighted by Gasteiger charge is -2.08. The molecule has 2 aromatic carbocycles. The van der Waals surface area contributed by atoms with E-state index in [9.17, 15) is 9.18 Å². The van der Waals surface area contributed by atoms with Crippen LogP contribution in [0, 0.1) is 12.7 Å². The largest absolute Gasteiger partial charge is 0.309 e. The SMILES string of the molecule is C=CCn1c(SCc2nc3c(C)cccc3c(=O)[nH]2)nnc1-c1ccccc1F. The van der Waals surface area contributed by atoms with E-state index in [0.29, 0.717) is 45.6 Å². The number of aryl methyl sites for hydroxylation is 1. The van der Waals surface area contributed by atoms with Gasteiger partial charge >= 0.3 is 0 Å². The fourth-order valence-electron chi connectivity index (χ4n) is 3.08. The van der Waals surface area contributed by atoms with Crippen molar-refractivity contribution in [2.75, 3.05) is 0 Å². The molecule has 6 nitrogen and oxygen atoms in total. The van der Waals surface area contributed by atoms with Gasteiger partial charge in [-0.15, -0.1) is 16.8 Å². The molecule has 1 N–H and O–H groups in total. The van der Waals surface area contributed by atoms with Gasteiger partial charge in [-0.25, -0.2) is 9.37 Å². The third-order valence-corrected chi connectivity index (χ3v) is 5.45. The first kappa shape index (κ1) is 19.1. The number of thioether (sulfide) groups is 1. The maximum absolute atomic E-state index is 14.2. The van der Waals surface area contributed by atoms with Gasteiger partial charge in [-0.2, -0.15) is 0 Å². The summed E-state index contributed by atoms with van der Waals surface area (Å²) < 4.78 is 16.0. The summed E-state index contributed by atoms with van der Waals surface area (Å²) in [5.74, 6) is 1.01. The fraction of sp³-hybridized carbons (Fsp3) is 0.143. The monoisotopic (exact) mass is 407 g/mol. The first-order valence-electron chi connectivity index (χ1n) is 8.99. The highest BCUT2D eigenvalue weighted by atomic mass is 32.2. The molecular weight excluding hydrogens is 389 g/mol. The van der Waals surface area contributed by atoms with Crippen LogP contribution in [0.1, 0.15) is 11.4 Å². The number of aromatic amines is 1. The standard InChI is InChI=1S/C21H18FN5OS/c1-3-11-27-19(14-8-4-5-10-16(14)22)25-26-21(27)29-12-17-23-18-13(2)7-6-9-15(18)20(28)24-17/h3-10H,1,11-12H2,2H3,(H,23,24,28). The average Bonchev–Trinajstić information content (AvgIpc) is 3.10. The molecule has 29 heavy (non-hydrogen) atoms. The lowest BCUT2D eigenvalue weighted by molar-refractivity contribution is 0.626. The van der Waals surface area contributed by atoms with Crippen LogP contribution < -0.4 is 5.56 Å². The van der Waals surface area contributed by atoms with Crippen LogP contribution in [0.25, 0.3) is 22.3 Å². The van der Waals surface area contributed by atoms with Crippen molar-refractivity contribution >= 4 is 22.7 Å².